The monoisotopic (exact) mass is 387 g/mol. The van der Waals surface area contributed by atoms with Crippen molar-refractivity contribution in [2.24, 2.45) is 0 Å². The van der Waals surface area contributed by atoms with Crippen molar-refractivity contribution >= 4 is 11.9 Å². The van der Waals surface area contributed by atoms with E-state index in [2.05, 4.69) is 16.0 Å². The van der Waals surface area contributed by atoms with Gasteiger partial charge in [0, 0.05) is 6.54 Å². The van der Waals surface area contributed by atoms with Crippen LogP contribution in [0.4, 0.5) is 4.79 Å². The van der Waals surface area contributed by atoms with Crippen molar-refractivity contribution in [1.29, 1.82) is 0 Å². The highest BCUT2D eigenvalue weighted by atomic mass is 16.2. The topological polar surface area (TPSA) is 70.2 Å². The summed E-state index contributed by atoms with van der Waals surface area (Å²) >= 11 is 0. The molecule has 3 aromatic rings. The Morgan fingerprint density at radius 2 is 1.17 bits per heavy atom. The standard InChI is InChI=1S/C24H25N3O2/c1-2-25-24(29)27-23(28)22(20-16-10-5-11-17-20)26-21(18-12-6-3-7-13-18)19-14-8-4-9-15-19/h3-17,21-22,26H,2H2,1H3,(H2,25,27,28,29)/t22-/m0/s1. The second-order valence-corrected chi connectivity index (χ2v) is 6.61. The van der Waals surface area contributed by atoms with Crippen molar-refractivity contribution in [3.63, 3.8) is 0 Å². The van der Waals surface area contributed by atoms with Gasteiger partial charge in [0.1, 0.15) is 6.04 Å². The van der Waals surface area contributed by atoms with Gasteiger partial charge in [0.05, 0.1) is 6.04 Å². The van der Waals surface area contributed by atoms with Gasteiger partial charge in [-0.25, -0.2) is 4.79 Å². The minimum atomic E-state index is -0.704. The molecular formula is C24H25N3O2. The fraction of sp³-hybridized carbons (Fsp3) is 0.167. The first kappa shape index (κ1) is 20.3. The van der Waals surface area contributed by atoms with E-state index in [0.29, 0.717) is 6.54 Å². The number of hydrogen-bond acceptors (Lipinski definition) is 3. The lowest BCUT2D eigenvalue weighted by Gasteiger charge is -2.26. The first-order chi connectivity index (χ1) is 14.2. The molecule has 3 aromatic carbocycles. The number of amides is 3. The van der Waals surface area contributed by atoms with Gasteiger partial charge in [0.15, 0.2) is 0 Å². The highest BCUT2D eigenvalue weighted by Gasteiger charge is 2.26. The van der Waals surface area contributed by atoms with Crippen molar-refractivity contribution in [2.75, 3.05) is 6.54 Å². The molecule has 0 unspecified atom stereocenters. The van der Waals surface area contributed by atoms with Crippen molar-refractivity contribution in [3.05, 3.63) is 108 Å². The minimum Gasteiger partial charge on any atom is -0.338 e. The van der Waals surface area contributed by atoms with Crippen molar-refractivity contribution in [2.45, 2.75) is 19.0 Å². The van der Waals surface area contributed by atoms with Gasteiger partial charge in [-0.05, 0) is 23.6 Å². The van der Waals surface area contributed by atoms with Crippen LogP contribution >= 0.6 is 0 Å². The highest BCUT2D eigenvalue weighted by molar-refractivity contribution is 5.97. The van der Waals surface area contributed by atoms with Crippen molar-refractivity contribution < 1.29 is 9.59 Å². The Hall–Kier alpha value is -3.44. The van der Waals surface area contributed by atoms with Gasteiger partial charge in [-0.1, -0.05) is 91.0 Å². The molecule has 0 saturated heterocycles. The van der Waals surface area contributed by atoms with Gasteiger partial charge < -0.3 is 5.32 Å². The van der Waals surface area contributed by atoms with Crippen LogP contribution in [0.3, 0.4) is 0 Å². The minimum absolute atomic E-state index is 0.220. The summed E-state index contributed by atoms with van der Waals surface area (Å²) < 4.78 is 0. The van der Waals surface area contributed by atoms with Crippen molar-refractivity contribution in [1.82, 2.24) is 16.0 Å². The Bertz CT molecular complexity index is 875. The number of nitrogens with one attached hydrogen (secondary N) is 3. The summed E-state index contributed by atoms with van der Waals surface area (Å²) in [6.07, 6.45) is 0. The average Bonchev–Trinajstić information content (AvgIpc) is 2.76. The van der Waals surface area contributed by atoms with E-state index >= 15 is 0 Å². The Kier molecular flexibility index (Phi) is 7.14. The van der Waals surface area contributed by atoms with Crippen LogP contribution in [0.15, 0.2) is 91.0 Å². The molecule has 3 N–H and O–H groups in total. The van der Waals surface area contributed by atoms with E-state index in [1.807, 2.05) is 91.0 Å². The van der Waals surface area contributed by atoms with Crippen LogP contribution in [-0.2, 0) is 4.79 Å². The van der Waals surface area contributed by atoms with E-state index in [9.17, 15) is 9.59 Å². The molecule has 0 aliphatic rings. The number of carbonyl (C=O) groups excluding carboxylic acids is 2. The summed E-state index contributed by atoms with van der Waals surface area (Å²) in [5.74, 6) is -0.404. The zero-order valence-electron chi connectivity index (χ0n) is 16.3. The van der Waals surface area contributed by atoms with E-state index in [0.717, 1.165) is 16.7 Å². The predicted octanol–water partition coefficient (Wildman–Crippen LogP) is 3.95. The van der Waals surface area contributed by atoms with E-state index in [1.165, 1.54) is 0 Å². The number of carbonyl (C=O) groups is 2. The molecule has 3 amide bonds. The van der Waals surface area contributed by atoms with Crippen LogP contribution < -0.4 is 16.0 Å². The third-order valence-corrected chi connectivity index (χ3v) is 4.57. The summed E-state index contributed by atoms with van der Waals surface area (Å²) in [6, 6.07) is 27.9. The first-order valence-electron chi connectivity index (χ1n) is 9.68. The number of benzene rings is 3. The summed E-state index contributed by atoms with van der Waals surface area (Å²) in [6.45, 7) is 2.25. The molecule has 0 bridgehead atoms. The summed E-state index contributed by atoms with van der Waals surface area (Å²) in [4.78, 5) is 24.9. The molecule has 0 radical (unpaired) electrons. The third-order valence-electron chi connectivity index (χ3n) is 4.57. The van der Waals surface area contributed by atoms with Gasteiger partial charge in [0.2, 0.25) is 5.91 Å². The van der Waals surface area contributed by atoms with Crippen molar-refractivity contribution in [3.8, 4) is 0 Å². The normalized spacial score (nSPS) is 11.7. The molecule has 0 aromatic heterocycles. The zero-order valence-corrected chi connectivity index (χ0v) is 16.3. The number of imide groups is 1. The van der Waals surface area contributed by atoms with Crippen LogP contribution in [0.1, 0.15) is 35.7 Å². The average molecular weight is 387 g/mol. The molecule has 1 atom stereocenters. The number of urea groups is 1. The molecule has 0 aliphatic heterocycles. The summed E-state index contributed by atoms with van der Waals surface area (Å²) in [5.41, 5.74) is 2.85. The van der Waals surface area contributed by atoms with E-state index in [-0.39, 0.29) is 6.04 Å². The van der Waals surface area contributed by atoms with Gasteiger partial charge >= 0.3 is 6.03 Å². The maximum absolute atomic E-state index is 13.0. The molecule has 0 aliphatic carbocycles. The van der Waals surface area contributed by atoms with Gasteiger partial charge in [-0.2, -0.15) is 0 Å². The van der Waals surface area contributed by atoms with Crippen LogP contribution in [0.5, 0.6) is 0 Å². The first-order valence-corrected chi connectivity index (χ1v) is 9.68. The van der Waals surface area contributed by atoms with Crippen LogP contribution in [0, 0.1) is 0 Å². The second-order valence-electron chi connectivity index (χ2n) is 6.61. The molecule has 0 heterocycles. The number of hydrogen-bond donors (Lipinski definition) is 3. The molecule has 0 saturated carbocycles. The zero-order chi connectivity index (χ0) is 20.5. The maximum Gasteiger partial charge on any atom is 0.321 e. The van der Waals surface area contributed by atoms with Crippen LogP contribution in [-0.4, -0.2) is 18.5 Å². The Morgan fingerprint density at radius 1 is 0.724 bits per heavy atom. The lowest BCUT2D eigenvalue weighted by Crippen LogP contribution is -2.45. The van der Waals surface area contributed by atoms with Crippen LogP contribution in [0.25, 0.3) is 0 Å². The van der Waals surface area contributed by atoms with Gasteiger partial charge in [-0.15, -0.1) is 0 Å². The van der Waals surface area contributed by atoms with Crippen LogP contribution in [0.2, 0.25) is 0 Å². The maximum atomic E-state index is 13.0. The fourth-order valence-electron chi connectivity index (χ4n) is 3.20. The summed E-state index contributed by atoms with van der Waals surface area (Å²) in [7, 11) is 0. The quantitative estimate of drug-likeness (QED) is 0.575. The van der Waals surface area contributed by atoms with E-state index < -0.39 is 18.0 Å². The smallest absolute Gasteiger partial charge is 0.321 e. The Balaban J connectivity index is 1.95. The molecule has 5 heteroatoms. The SMILES string of the molecule is CCNC(=O)NC(=O)[C@@H](NC(c1ccccc1)c1ccccc1)c1ccccc1. The predicted molar refractivity (Wildman–Crippen MR) is 114 cm³/mol. The lowest BCUT2D eigenvalue weighted by molar-refractivity contribution is -0.122. The largest absolute Gasteiger partial charge is 0.338 e. The lowest BCUT2D eigenvalue weighted by atomic mass is 9.96. The van der Waals surface area contributed by atoms with Gasteiger partial charge in [0.25, 0.3) is 0 Å². The Morgan fingerprint density at radius 3 is 1.62 bits per heavy atom. The molecule has 0 fully saturated rings. The molecule has 5 nitrogen and oxygen atoms in total. The fourth-order valence-corrected chi connectivity index (χ4v) is 3.20. The molecule has 3 rings (SSSR count). The molecule has 0 spiro atoms. The number of rotatable bonds is 7. The molecule has 29 heavy (non-hydrogen) atoms. The highest BCUT2D eigenvalue weighted by Crippen LogP contribution is 2.26. The Labute approximate surface area is 171 Å². The van der Waals surface area contributed by atoms with Gasteiger partial charge in [-0.3, -0.25) is 15.4 Å². The second kappa shape index (κ2) is 10.2. The van der Waals surface area contributed by atoms with E-state index in [1.54, 1.807) is 6.92 Å². The summed E-state index contributed by atoms with van der Waals surface area (Å²) in [5, 5.41) is 8.50. The molecular weight excluding hydrogens is 362 g/mol. The van der Waals surface area contributed by atoms with E-state index in [4.69, 9.17) is 0 Å². The third kappa shape index (κ3) is 5.53. The molecule has 148 valence electrons.